The zero-order valence-corrected chi connectivity index (χ0v) is 18.9. The first-order valence-corrected chi connectivity index (χ1v) is 11.9. The van der Waals surface area contributed by atoms with Crippen molar-refractivity contribution in [2.45, 2.75) is 11.3 Å². The van der Waals surface area contributed by atoms with E-state index < -0.39 is 10.0 Å². The van der Waals surface area contributed by atoms with E-state index >= 15 is 0 Å². The molecule has 0 spiro atoms. The summed E-state index contributed by atoms with van der Waals surface area (Å²) in [5, 5.41) is 7.09. The maximum absolute atomic E-state index is 13.3. The second-order valence-electron chi connectivity index (χ2n) is 7.57. The second kappa shape index (κ2) is 8.60. The highest BCUT2D eigenvalue weighted by atomic mass is 32.2. The van der Waals surface area contributed by atoms with Gasteiger partial charge < -0.3 is 10.1 Å². The van der Waals surface area contributed by atoms with Crippen LogP contribution in [0.15, 0.2) is 72.3 Å². The first kappa shape index (κ1) is 21.6. The molecule has 4 heterocycles. The first-order valence-electron chi connectivity index (χ1n) is 10.4. The fourth-order valence-corrected chi connectivity index (χ4v) is 4.95. The Hall–Kier alpha value is -4.25. The number of rotatable bonds is 6. The smallest absolute Gasteiger partial charge is 0.265 e. The van der Waals surface area contributed by atoms with Gasteiger partial charge in [0.25, 0.3) is 15.9 Å². The minimum absolute atomic E-state index is 0.0497. The number of hydrogen-bond donors (Lipinski definition) is 2. The van der Waals surface area contributed by atoms with Crippen LogP contribution >= 0.6 is 0 Å². The van der Waals surface area contributed by atoms with Crippen LogP contribution in [0, 0.1) is 0 Å². The number of carbonyl (C=O) groups is 1. The van der Waals surface area contributed by atoms with Crippen molar-refractivity contribution < 1.29 is 17.9 Å². The highest BCUT2D eigenvalue weighted by Crippen LogP contribution is 2.31. The second-order valence-corrected chi connectivity index (χ2v) is 9.23. The SMILES string of the molecule is COc1ccc(-c2cnn(-c3ccncc3)c2)cc1S(=O)(=O)Nc1cnc2c(c1)C(=O)NCC2. The van der Waals surface area contributed by atoms with Crippen LogP contribution in [-0.2, 0) is 16.4 Å². The topological polar surface area (TPSA) is 128 Å². The van der Waals surface area contributed by atoms with Crippen molar-refractivity contribution in [3.05, 3.63) is 78.6 Å². The van der Waals surface area contributed by atoms with Gasteiger partial charge in [-0.1, -0.05) is 6.07 Å². The van der Waals surface area contributed by atoms with Gasteiger partial charge in [0.15, 0.2) is 0 Å². The molecular weight excluding hydrogens is 456 g/mol. The number of fused-ring (bicyclic) bond motifs is 1. The molecule has 1 aliphatic rings. The van der Waals surface area contributed by atoms with Crippen LogP contribution in [0.3, 0.4) is 0 Å². The number of sulfonamides is 1. The quantitative estimate of drug-likeness (QED) is 0.437. The Kier molecular flexibility index (Phi) is 5.46. The van der Waals surface area contributed by atoms with Gasteiger partial charge in [-0.15, -0.1) is 0 Å². The summed E-state index contributed by atoms with van der Waals surface area (Å²) >= 11 is 0. The summed E-state index contributed by atoms with van der Waals surface area (Å²) in [5.41, 5.74) is 3.38. The molecule has 4 aromatic rings. The third-order valence-electron chi connectivity index (χ3n) is 5.41. The van der Waals surface area contributed by atoms with Gasteiger partial charge in [-0.05, 0) is 35.9 Å². The van der Waals surface area contributed by atoms with E-state index in [0.717, 1.165) is 11.3 Å². The molecule has 172 valence electrons. The molecule has 0 fully saturated rings. The van der Waals surface area contributed by atoms with E-state index in [4.69, 9.17) is 4.74 Å². The molecular formula is C23H20N6O4S. The van der Waals surface area contributed by atoms with Crippen molar-refractivity contribution >= 4 is 21.6 Å². The number of anilines is 1. The molecule has 0 radical (unpaired) electrons. The number of amides is 1. The number of carbonyl (C=O) groups excluding carboxylic acids is 1. The monoisotopic (exact) mass is 476 g/mol. The van der Waals surface area contributed by atoms with Gasteiger partial charge in [0, 0.05) is 37.1 Å². The first-order chi connectivity index (χ1) is 16.4. The molecule has 34 heavy (non-hydrogen) atoms. The molecule has 3 aromatic heterocycles. The molecule has 1 aromatic carbocycles. The Labute approximate surface area is 195 Å². The zero-order valence-electron chi connectivity index (χ0n) is 18.1. The van der Waals surface area contributed by atoms with Crippen molar-refractivity contribution in [2.75, 3.05) is 18.4 Å². The van der Waals surface area contributed by atoms with E-state index in [1.54, 1.807) is 41.6 Å². The van der Waals surface area contributed by atoms with E-state index in [0.29, 0.717) is 29.8 Å². The van der Waals surface area contributed by atoms with E-state index in [1.807, 2.05) is 12.1 Å². The number of methoxy groups -OCH3 is 1. The minimum atomic E-state index is -4.06. The molecule has 0 bridgehead atoms. The number of aromatic nitrogens is 4. The molecule has 1 amide bonds. The molecule has 0 aliphatic carbocycles. The lowest BCUT2D eigenvalue weighted by molar-refractivity contribution is 0.0945. The summed E-state index contributed by atoms with van der Waals surface area (Å²) in [5.74, 6) is -0.0953. The molecule has 1 aliphatic heterocycles. The minimum Gasteiger partial charge on any atom is -0.495 e. The summed E-state index contributed by atoms with van der Waals surface area (Å²) in [6.07, 6.45) is 8.78. The number of nitrogens with one attached hydrogen (secondary N) is 2. The lowest BCUT2D eigenvalue weighted by atomic mass is 10.1. The molecule has 0 saturated heterocycles. The third kappa shape index (κ3) is 4.08. The van der Waals surface area contributed by atoms with Crippen LogP contribution in [0.25, 0.3) is 16.8 Å². The van der Waals surface area contributed by atoms with Crippen molar-refractivity contribution in [3.8, 4) is 22.6 Å². The molecule has 0 saturated carbocycles. The molecule has 10 nitrogen and oxygen atoms in total. The summed E-state index contributed by atoms with van der Waals surface area (Å²) in [6.45, 7) is 0.506. The third-order valence-corrected chi connectivity index (χ3v) is 6.81. The van der Waals surface area contributed by atoms with Gasteiger partial charge in [0.1, 0.15) is 10.6 Å². The normalized spacial score (nSPS) is 13.1. The van der Waals surface area contributed by atoms with Crippen molar-refractivity contribution in [3.63, 3.8) is 0 Å². The van der Waals surface area contributed by atoms with E-state index in [-0.39, 0.29) is 22.2 Å². The van der Waals surface area contributed by atoms with Crippen molar-refractivity contribution in [2.24, 2.45) is 0 Å². The van der Waals surface area contributed by atoms with Crippen LogP contribution in [-0.4, -0.2) is 47.7 Å². The fraction of sp³-hybridized carbons (Fsp3) is 0.130. The van der Waals surface area contributed by atoms with E-state index in [9.17, 15) is 13.2 Å². The largest absolute Gasteiger partial charge is 0.495 e. The predicted octanol–water partition coefficient (Wildman–Crippen LogP) is 2.42. The van der Waals surface area contributed by atoms with Crippen molar-refractivity contribution in [1.82, 2.24) is 25.1 Å². The summed E-state index contributed by atoms with van der Waals surface area (Å²) in [6, 6.07) is 9.99. The predicted molar refractivity (Wildman–Crippen MR) is 124 cm³/mol. The Balaban J connectivity index is 1.48. The molecule has 5 rings (SSSR count). The van der Waals surface area contributed by atoms with Gasteiger partial charge in [0.05, 0.1) is 42.1 Å². The molecule has 2 N–H and O–H groups in total. The zero-order chi connectivity index (χ0) is 23.7. The maximum atomic E-state index is 13.3. The summed E-state index contributed by atoms with van der Waals surface area (Å²) in [4.78, 5) is 20.3. The van der Waals surface area contributed by atoms with Crippen LogP contribution in [0.5, 0.6) is 5.75 Å². The standard InChI is InChI=1S/C23H20N6O4S/c1-33-21-3-2-15(16-12-27-29(14-16)18-4-7-24-8-5-18)10-22(21)34(31,32)28-17-11-19-20(26-13-17)6-9-25-23(19)30/h2-5,7-8,10-14,28H,6,9H2,1H3,(H,25,30). The Morgan fingerprint density at radius 2 is 1.91 bits per heavy atom. The fourth-order valence-electron chi connectivity index (χ4n) is 3.72. The maximum Gasteiger partial charge on any atom is 0.265 e. The van der Waals surface area contributed by atoms with Crippen molar-refractivity contribution in [1.29, 1.82) is 0 Å². The Bertz CT molecular complexity index is 1480. The van der Waals surface area contributed by atoms with Gasteiger partial charge >= 0.3 is 0 Å². The number of ether oxygens (including phenoxy) is 1. The lowest BCUT2D eigenvalue weighted by Gasteiger charge is -2.17. The summed E-state index contributed by atoms with van der Waals surface area (Å²) in [7, 11) is -2.66. The number of pyridine rings is 2. The van der Waals surface area contributed by atoms with Gasteiger partial charge in [-0.2, -0.15) is 5.10 Å². The van der Waals surface area contributed by atoms with Gasteiger partial charge in [0.2, 0.25) is 0 Å². The average molecular weight is 477 g/mol. The van der Waals surface area contributed by atoms with E-state index in [2.05, 4.69) is 25.1 Å². The van der Waals surface area contributed by atoms with E-state index in [1.165, 1.54) is 25.4 Å². The number of nitrogens with zero attached hydrogens (tertiary/aromatic N) is 4. The van der Waals surface area contributed by atoms with Gasteiger partial charge in [-0.25, -0.2) is 13.1 Å². The molecule has 11 heteroatoms. The van der Waals surface area contributed by atoms with Gasteiger partial charge in [-0.3, -0.25) is 19.5 Å². The van der Waals surface area contributed by atoms with Crippen LogP contribution < -0.4 is 14.8 Å². The summed E-state index contributed by atoms with van der Waals surface area (Å²) < 4.78 is 36.1. The average Bonchev–Trinajstić information content (AvgIpc) is 3.35. The molecule has 0 atom stereocenters. The van der Waals surface area contributed by atoms with Crippen LogP contribution in [0.2, 0.25) is 0 Å². The number of benzene rings is 1. The van der Waals surface area contributed by atoms with Crippen LogP contribution in [0.4, 0.5) is 5.69 Å². The Morgan fingerprint density at radius 1 is 1.09 bits per heavy atom. The highest BCUT2D eigenvalue weighted by Gasteiger charge is 2.23. The molecule has 0 unspecified atom stereocenters. The lowest BCUT2D eigenvalue weighted by Crippen LogP contribution is -2.32. The van der Waals surface area contributed by atoms with Crippen LogP contribution in [0.1, 0.15) is 16.1 Å². The number of hydrogen-bond acceptors (Lipinski definition) is 7. The Morgan fingerprint density at radius 3 is 2.71 bits per heavy atom. The highest BCUT2D eigenvalue weighted by molar-refractivity contribution is 7.92.